The molecule has 128 valence electrons. The summed E-state index contributed by atoms with van der Waals surface area (Å²) in [4.78, 5) is 0. The van der Waals surface area contributed by atoms with Crippen molar-refractivity contribution >= 4 is 30.0 Å². The molecule has 2 aromatic carbocycles. The van der Waals surface area contributed by atoms with Crippen LogP contribution >= 0.6 is 23.8 Å². The molecule has 2 N–H and O–H groups in total. The van der Waals surface area contributed by atoms with Crippen molar-refractivity contribution in [2.45, 2.75) is 6.92 Å². The minimum Gasteiger partial charge on any atom is -0.494 e. The fourth-order valence-corrected chi connectivity index (χ4v) is 2.46. The Morgan fingerprint density at radius 2 is 1.96 bits per heavy atom. The van der Waals surface area contributed by atoms with Crippen LogP contribution in [0.5, 0.6) is 5.75 Å². The largest absolute Gasteiger partial charge is 0.494 e. The Hall–Kier alpha value is -2.64. The monoisotopic (exact) mass is 373 g/mol. The molecular weight excluding hydrogens is 358 g/mol. The van der Waals surface area contributed by atoms with E-state index in [1.54, 1.807) is 23.0 Å². The first-order valence-corrected chi connectivity index (χ1v) is 8.41. The molecule has 0 atom stereocenters. The number of aromatic amines is 1. The summed E-state index contributed by atoms with van der Waals surface area (Å²) in [7, 11) is 0. The third-order valence-corrected chi connectivity index (χ3v) is 3.86. The number of hydrogen-bond donors (Lipinski definition) is 2. The molecule has 0 amide bonds. The van der Waals surface area contributed by atoms with E-state index in [1.807, 2.05) is 43.3 Å². The molecule has 0 fully saturated rings. The SMILES string of the molecule is CCOc1ccc(-c2n[nH]c(=S)n2N/N=C\c2ccc(Cl)cc2)cc1. The van der Waals surface area contributed by atoms with E-state index in [4.69, 9.17) is 28.6 Å². The van der Waals surface area contributed by atoms with E-state index in [1.165, 1.54) is 0 Å². The highest BCUT2D eigenvalue weighted by molar-refractivity contribution is 7.71. The highest BCUT2D eigenvalue weighted by Crippen LogP contribution is 2.20. The van der Waals surface area contributed by atoms with Crippen LogP contribution in [0.4, 0.5) is 0 Å². The molecule has 1 aromatic heterocycles. The highest BCUT2D eigenvalue weighted by Gasteiger charge is 2.08. The van der Waals surface area contributed by atoms with E-state index < -0.39 is 0 Å². The Morgan fingerprint density at radius 3 is 2.64 bits per heavy atom. The summed E-state index contributed by atoms with van der Waals surface area (Å²) in [5, 5.41) is 11.9. The first-order chi connectivity index (χ1) is 12.2. The molecule has 0 saturated heterocycles. The van der Waals surface area contributed by atoms with E-state index in [0.717, 1.165) is 16.9 Å². The van der Waals surface area contributed by atoms with E-state index in [2.05, 4.69) is 20.8 Å². The van der Waals surface area contributed by atoms with Crippen LogP contribution in [0.25, 0.3) is 11.4 Å². The van der Waals surface area contributed by atoms with Crippen LogP contribution in [0.3, 0.4) is 0 Å². The second-order valence-electron chi connectivity index (χ2n) is 5.05. The summed E-state index contributed by atoms with van der Waals surface area (Å²) in [6, 6.07) is 14.9. The normalized spacial score (nSPS) is 11.0. The van der Waals surface area contributed by atoms with Gasteiger partial charge in [0.2, 0.25) is 4.77 Å². The van der Waals surface area contributed by atoms with Gasteiger partial charge in [-0.25, -0.2) is 10.6 Å². The molecule has 0 aliphatic carbocycles. The molecule has 6 nitrogen and oxygen atoms in total. The first-order valence-electron chi connectivity index (χ1n) is 7.62. The number of ether oxygens (including phenoxy) is 1. The van der Waals surface area contributed by atoms with E-state index >= 15 is 0 Å². The van der Waals surface area contributed by atoms with Gasteiger partial charge in [0.25, 0.3) is 0 Å². The van der Waals surface area contributed by atoms with Crippen molar-refractivity contribution in [1.29, 1.82) is 0 Å². The quantitative estimate of drug-likeness (QED) is 0.385. The van der Waals surface area contributed by atoms with Crippen LogP contribution in [-0.2, 0) is 0 Å². The number of nitrogens with zero attached hydrogens (tertiary/aromatic N) is 3. The summed E-state index contributed by atoms with van der Waals surface area (Å²) >= 11 is 11.1. The summed E-state index contributed by atoms with van der Waals surface area (Å²) < 4.78 is 7.46. The average Bonchev–Trinajstić information content (AvgIpc) is 2.99. The summed E-state index contributed by atoms with van der Waals surface area (Å²) in [6.45, 7) is 2.57. The number of H-pyrrole nitrogens is 1. The zero-order valence-electron chi connectivity index (χ0n) is 13.4. The lowest BCUT2D eigenvalue weighted by Crippen LogP contribution is -2.10. The van der Waals surface area contributed by atoms with Crippen LogP contribution in [0.2, 0.25) is 5.02 Å². The van der Waals surface area contributed by atoms with Gasteiger partial charge in [0, 0.05) is 10.6 Å². The van der Waals surface area contributed by atoms with Crippen molar-refractivity contribution in [3.05, 3.63) is 63.9 Å². The minimum atomic E-state index is 0.414. The Balaban J connectivity index is 1.79. The van der Waals surface area contributed by atoms with Crippen molar-refractivity contribution in [3.8, 4) is 17.1 Å². The smallest absolute Gasteiger partial charge is 0.216 e. The number of aromatic nitrogens is 3. The van der Waals surface area contributed by atoms with Crippen molar-refractivity contribution in [2.75, 3.05) is 12.1 Å². The van der Waals surface area contributed by atoms with E-state index in [0.29, 0.717) is 22.2 Å². The molecule has 0 saturated carbocycles. The summed E-state index contributed by atoms with van der Waals surface area (Å²) in [5.41, 5.74) is 4.68. The Bertz CT molecular complexity index is 915. The zero-order chi connectivity index (χ0) is 17.6. The number of rotatable bonds is 6. The Morgan fingerprint density at radius 1 is 1.24 bits per heavy atom. The molecule has 0 unspecified atom stereocenters. The topological polar surface area (TPSA) is 67.2 Å². The molecular formula is C17H16ClN5OS. The maximum absolute atomic E-state index is 5.87. The van der Waals surface area contributed by atoms with Gasteiger partial charge in [-0.2, -0.15) is 14.9 Å². The number of benzene rings is 2. The Kier molecular flexibility index (Phi) is 5.47. The Labute approximate surface area is 155 Å². The van der Waals surface area contributed by atoms with E-state index in [-0.39, 0.29) is 0 Å². The van der Waals surface area contributed by atoms with Gasteiger partial charge in [-0.05, 0) is 61.1 Å². The molecule has 3 aromatic rings. The molecule has 0 radical (unpaired) electrons. The van der Waals surface area contributed by atoms with Crippen molar-refractivity contribution in [3.63, 3.8) is 0 Å². The third-order valence-electron chi connectivity index (χ3n) is 3.34. The minimum absolute atomic E-state index is 0.414. The van der Waals surface area contributed by atoms with Gasteiger partial charge in [0.05, 0.1) is 12.8 Å². The maximum Gasteiger partial charge on any atom is 0.216 e. The lowest BCUT2D eigenvalue weighted by atomic mass is 10.2. The van der Waals surface area contributed by atoms with Gasteiger partial charge in [-0.1, -0.05) is 23.7 Å². The van der Waals surface area contributed by atoms with Gasteiger partial charge >= 0.3 is 0 Å². The average molecular weight is 374 g/mol. The zero-order valence-corrected chi connectivity index (χ0v) is 15.0. The molecule has 1 heterocycles. The van der Waals surface area contributed by atoms with Crippen LogP contribution in [0, 0.1) is 4.77 Å². The van der Waals surface area contributed by atoms with E-state index in [9.17, 15) is 0 Å². The number of hydrogen-bond acceptors (Lipinski definition) is 5. The third kappa shape index (κ3) is 4.26. The number of nitrogens with one attached hydrogen (secondary N) is 2. The lowest BCUT2D eigenvalue weighted by Gasteiger charge is -2.07. The fourth-order valence-electron chi connectivity index (χ4n) is 2.16. The molecule has 0 aliphatic rings. The van der Waals surface area contributed by atoms with Crippen LogP contribution in [-0.4, -0.2) is 27.7 Å². The fraction of sp³-hybridized carbons (Fsp3) is 0.118. The molecule has 0 spiro atoms. The van der Waals surface area contributed by atoms with Crippen molar-refractivity contribution < 1.29 is 4.74 Å². The van der Waals surface area contributed by atoms with Crippen LogP contribution < -0.4 is 10.3 Å². The van der Waals surface area contributed by atoms with Gasteiger partial charge < -0.3 is 4.74 Å². The van der Waals surface area contributed by atoms with Gasteiger partial charge in [-0.3, -0.25) is 0 Å². The maximum atomic E-state index is 5.87. The summed E-state index contributed by atoms with van der Waals surface area (Å²) in [6.07, 6.45) is 1.67. The van der Waals surface area contributed by atoms with Crippen LogP contribution in [0.1, 0.15) is 12.5 Å². The highest BCUT2D eigenvalue weighted by atomic mass is 35.5. The lowest BCUT2D eigenvalue weighted by molar-refractivity contribution is 0.340. The second kappa shape index (κ2) is 7.96. The molecule has 0 aliphatic heterocycles. The van der Waals surface area contributed by atoms with Crippen molar-refractivity contribution in [2.24, 2.45) is 5.10 Å². The first kappa shape index (κ1) is 17.2. The van der Waals surface area contributed by atoms with Gasteiger partial charge in [-0.15, -0.1) is 0 Å². The van der Waals surface area contributed by atoms with Crippen LogP contribution in [0.15, 0.2) is 53.6 Å². The van der Waals surface area contributed by atoms with Gasteiger partial charge in [0.15, 0.2) is 5.82 Å². The number of halogens is 1. The summed E-state index contributed by atoms with van der Waals surface area (Å²) in [5.74, 6) is 1.43. The number of hydrazone groups is 1. The van der Waals surface area contributed by atoms with Gasteiger partial charge in [0.1, 0.15) is 5.75 Å². The second-order valence-corrected chi connectivity index (χ2v) is 5.88. The standard InChI is InChI=1S/C17H16ClN5OS/c1-2-24-15-9-5-13(6-10-15)16-20-21-17(25)23(16)22-19-11-12-3-7-14(18)8-4-12/h3-11,22H,2H2,1H3,(H,21,25)/b19-11-. The molecule has 8 heteroatoms. The molecule has 3 rings (SSSR count). The molecule has 0 bridgehead atoms. The van der Waals surface area contributed by atoms with Crippen molar-refractivity contribution in [1.82, 2.24) is 14.9 Å². The molecule has 25 heavy (non-hydrogen) atoms. The predicted molar refractivity (Wildman–Crippen MR) is 102 cm³/mol. The predicted octanol–water partition coefficient (Wildman–Crippen LogP) is 4.24.